The van der Waals surface area contributed by atoms with Crippen LogP contribution in [0, 0.1) is 13.8 Å². The molecule has 0 radical (unpaired) electrons. The van der Waals surface area contributed by atoms with Crippen molar-refractivity contribution in [2.75, 3.05) is 19.0 Å². The van der Waals surface area contributed by atoms with Crippen LogP contribution >= 0.6 is 11.3 Å². The molecule has 3 rings (SSSR count). The van der Waals surface area contributed by atoms with Gasteiger partial charge in [-0.05, 0) is 44.5 Å². The van der Waals surface area contributed by atoms with Crippen LogP contribution in [0.5, 0.6) is 5.75 Å². The van der Waals surface area contributed by atoms with Gasteiger partial charge in [-0.25, -0.2) is 4.79 Å². The molecule has 27 heavy (non-hydrogen) atoms. The number of fused-ring (bicyclic) bond motifs is 1. The van der Waals surface area contributed by atoms with Gasteiger partial charge >= 0.3 is 5.97 Å². The molecule has 1 N–H and O–H groups in total. The minimum Gasteiger partial charge on any atom is -0.497 e. The Morgan fingerprint density at radius 2 is 2.04 bits per heavy atom. The molecule has 7 heteroatoms. The fraction of sp³-hybridized carbons (Fsp3) is 0.300. The number of nitrogens with one attached hydrogen (secondary N) is 1. The number of rotatable bonds is 6. The van der Waals surface area contributed by atoms with Gasteiger partial charge in [0.15, 0.2) is 0 Å². The van der Waals surface area contributed by atoms with Gasteiger partial charge in [0.1, 0.15) is 16.3 Å². The zero-order valence-electron chi connectivity index (χ0n) is 15.7. The number of hydrogen-bond acceptors (Lipinski definition) is 6. The number of benzene rings is 1. The van der Waals surface area contributed by atoms with E-state index in [-0.39, 0.29) is 18.9 Å². The minimum atomic E-state index is -0.423. The molecule has 1 amide bonds. The number of hydrogen-bond donors (Lipinski definition) is 1. The molecular formula is C20H21NO5S. The second kappa shape index (κ2) is 7.84. The summed E-state index contributed by atoms with van der Waals surface area (Å²) in [5, 5.41) is 4.19. The van der Waals surface area contributed by atoms with Crippen LogP contribution < -0.4 is 10.1 Å². The lowest BCUT2D eigenvalue weighted by molar-refractivity contribution is -0.115. The van der Waals surface area contributed by atoms with Crippen molar-refractivity contribution >= 4 is 39.2 Å². The summed E-state index contributed by atoms with van der Waals surface area (Å²) in [6, 6.07) is 5.45. The summed E-state index contributed by atoms with van der Waals surface area (Å²) in [6.45, 7) is 5.80. The van der Waals surface area contributed by atoms with E-state index in [9.17, 15) is 9.59 Å². The third-order valence-electron chi connectivity index (χ3n) is 4.33. The molecule has 0 aliphatic carbocycles. The number of methoxy groups -OCH3 is 1. The van der Waals surface area contributed by atoms with Gasteiger partial charge in [-0.15, -0.1) is 11.3 Å². The lowest BCUT2D eigenvalue weighted by atomic mass is 10.1. The Morgan fingerprint density at radius 1 is 1.26 bits per heavy atom. The van der Waals surface area contributed by atoms with E-state index in [1.54, 1.807) is 32.4 Å². The van der Waals surface area contributed by atoms with E-state index < -0.39 is 5.97 Å². The average molecular weight is 387 g/mol. The third-order valence-corrected chi connectivity index (χ3v) is 5.45. The van der Waals surface area contributed by atoms with Crippen LogP contribution in [0.1, 0.15) is 33.3 Å². The Bertz CT molecular complexity index is 1000. The molecule has 0 aliphatic heterocycles. The first-order valence-electron chi connectivity index (χ1n) is 8.55. The van der Waals surface area contributed by atoms with Gasteiger partial charge in [-0.3, -0.25) is 4.79 Å². The number of esters is 1. The zero-order chi connectivity index (χ0) is 19.6. The number of anilines is 1. The topological polar surface area (TPSA) is 77.8 Å². The van der Waals surface area contributed by atoms with Crippen LogP contribution in [0.15, 0.2) is 28.9 Å². The second-order valence-electron chi connectivity index (χ2n) is 6.06. The molecule has 0 unspecified atom stereocenters. The maximum Gasteiger partial charge on any atom is 0.341 e. The molecule has 3 aromatic rings. The number of aryl methyl sites for hydroxylation is 1. The van der Waals surface area contributed by atoms with Crippen LogP contribution in [0.4, 0.5) is 5.00 Å². The fourth-order valence-corrected chi connectivity index (χ4v) is 3.90. The first-order valence-corrected chi connectivity index (χ1v) is 9.37. The summed E-state index contributed by atoms with van der Waals surface area (Å²) >= 11 is 1.37. The Hall–Kier alpha value is -2.80. The number of thiophene rings is 1. The molecule has 0 aliphatic rings. The van der Waals surface area contributed by atoms with E-state index in [0.29, 0.717) is 21.9 Å². The molecule has 0 saturated carbocycles. The molecule has 0 spiro atoms. The highest BCUT2D eigenvalue weighted by Crippen LogP contribution is 2.33. The summed E-state index contributed by atoms with van der Waals surface area (Å²) in [4.78, 5) is 25.8. The summed E-state index contributed by atoms with van der Waals surface area (Å²) in [6.07, 6.45) is 1.69. The molecule has 2 heterocycles. The quantitative estimate of drug-likeness (QED) is 0.631. The molecule has 0 fully saturated rings. The monoisotopic (exact) mass is 387 g/mol. The standard InChI is InChI=1S/C20H21NO5S/c1-5-25-20(23)18-11(2)12(3)27-19(18)21-17(22)8-13-10-26-16-7-6-14(24-4)9-15(13)16/h6-7,9-10H,5,8H2,1-4H3,(H,21,22). The lowest BCUT2D eigenvalue weighted by Gasteiger charge is -2.07. The SMILES string of the molecule is CCOC(=O)c1c(NC(=O)Cc2coc3ccc(OC)cc23)sc(C)c1C. The van der Waals surface area contributed by atoms with Crippen molar-refractivity contribution in [3.8, 4) is 5.75 Å². The number of furan rings is 1. The van der Waals surface area contributed by atoms with Crippen molar-refractivity contribution < 1.29 is 23.5 Å². The van der Waals surface area contributed by atoms with Crippen molar-refractivity contribution in [3.05, 3.63) is 46.0 Å². The van der Waals surface area contributed by atoms with Crippen LogP contribution in [-0.4, -0.2) is 25.6 Å². The summed E-state index contributed by atoms with van der Waals surface area (Å²) in [5.41, 5.74) is 2.69. The predicted molar refractivity (Wildman–Crippen MR) is 105 cm³/mol. The van der Waals surface area contributed by atoms with E-state index in [1.165, 1.54) is 11.3 Å². The molecule has 2 aromatic heterocycles. The second-order valence-corrected chi connectivity index (χ2v) is 7.28. The number of ether oxygens (including phenoxy) is 2. The summed E-state index contributed by atoms with van der Waals surface area (Å²) in [5.74, 6) is 0.0418. The van der Waals surface area contributed by atoms with Gasteiger partial charge in [0.2, 0.25) is 5.91 Å². The van der Waals surface area contributed by atoms with Crippen LogP contribution in [0.2, 0.25) is 0 Å². The van der Waals surface area contributed by atoms with Gasteiger partial charge in [-0.2, -0.15) is 0 Å². The normalized spacial score (nSPS) is 10.8. The maximum absolute atomic E-state index is 12.6. The minimum absolute atomic E-state index is 0.123. The molecule has 142 valence electrons. The summed E-state index contributed by atoms with van der Waals surface area (Å²) in [7, 11) is 1.59. The number of amides is 1. The Balaban J connectivity index is 1.83. The Morgan fingerprint density at radius 3 is 2.74 bits per heavy atom. The van der Waals surface area contributed by atoms with Gasteiger partial charge in [0, 0.05) is 15.8 Å². The van der Waals surface area contributed by atoms with E-state index in [4.69, 9.17) is 13.9 Å². The number of carbonyl (C=O) groups excluding carboxylic acids is 2. The lowest BCUT2D eigenvalue weighted by Crippen LogP contribution is -2.16. The van der Waals surface area contributed by atoms with E-state index >= 15 is 0 Å². The van der Waals surface area contributed by atoms with Crippen molar-refractivity contribution in [1.82, 2.24) is 0 Å². The highest BCUT2D eigenvalue weighted by molar-refractivity contribution is 7.16. The van der Waals surface area contributed by atoms with Gasteiger partial charge in [-0.1, -0.05) is 0 Å². The van der Waals surface area contributed by atoms with Gasteiger partial charge in [0.25, 0.3) is 0 Å². The Labute approximate surface area is 161 Å². The van der Waals surface area contributed by atoms with Crippen molar-refractivity contribution in [1.29, 1.82) is 0 Å². The molecular weight excluding hydrogens is 366 g/mol. The third kappa shape index (κ3) is 3.83. The van der Waals surface area contributed by atoms with Crippen molar-refractivity contribution in [2.45, 2.75) is 27.2 Å². The van der Waals surface area contributed by atoms with Gasteiger partial charge in [0.05, 0.1) is 32.0 Å². The molecule has 6 nitrogen and oxygen atoms in total. The van der Waals surface area contributed by atoms with Gasteiger partial charge < -0.3 is 19.2 Å². The van der Waals surface area contributed by atoms with E-state index in [2.05, 4.69) is 5.32 Å². The van der Waals surface area contributed by atoms with E-state index in [0.717, 1.165) is 21.4 Å². The number of carbonyl (C=O) groups is 2. The predicted octanol–water partition coefficient (Wildman–Crippen LogP) is 4.48. The average Bonchev–Trinajstić information content (AvgIpc) is 3.15. The summed E-state index contributed by atoms with van der Waals surface area (Å²) < 4.78 is 15.9. The first kappa shape index (κ1) is 19.0. The van der Waals surface area contributed by atoms with Crippen molar-refractivity contribution in [2.24, 2.45) is 0 Å². The fourth-order valence-electron chi connectivity index (χ4n) is 2.83. The smallest absolute Gasteiger partial charge is 0.341 e. The highest BCUT2D eigenvalue weighted by Gasteiger charge is 2.22. The van der Waals surface area contributed by atoms with Crippen LogP contribution in [0.25, 0.3) is 11.0 Å². The first-order chi connectivity index (χ1) is 12.9. The largest absolute Gasteiger partial charge is 0.497 e. The highest BCUT2D eigenvalue weighted by atomic mass is 32.1. The van der Waals surface area contributed by atoms with Crippen LogP contribution in [0.3, 0.4) is 0 Å². The van der Waals surface area contributed by atoms with E-state index in [1.807, 2.05) is 19.9 Å². The molecule has 0 atom stereocenters. The molecule has 1 aromatic carbocycles. The molecule has 0 bridgehead atoms. The Kier molecular flexibility index (Phi) is 5.51. The van der Waals surface area contributed by atoms with Crippen molar-refractivity contribution in [3.63, 3.8) is 0 Å². The maximum atomic E-state index is 12.6. The van der Waals surface area contributed by atoms with Crippen LogP contribution in [-0.2, 0) is 16.0 Å². The zero-order valence-corrected chi connectivity index (χ0v) is 16.5. The molecule has 0 saturated heterocycles.